The molecule has 1 unspecified atom stereocenters. The van der Waals surface area contributed by atoms with Crippen LogP contribution in [-0.4, -0.2) is 23.5 Å². The minimum absolute atomic E-state index is 0.0106. The summed E-state index contributed by atoms with van der Waals surface area (Å²) < 4.78 is 0. The first-order chi connectivity index (χ1) is 8.58. The van der Waals surface area contributed by atoms with Gasteiger partial charge in [-0.25, -0.2) is 0 Å². The number of aromatic amines is 1. The fraction of sp³-hybridized carbons (Fsp3) is 0.357. The highest BCUT2D eigenvalue weighted by Crippen LogP contribution is 2.22. The lowest BCUT2D eigenvalue weighted by Crippen LogP contribution is -2.35. The number of rotatable bonds is 4. The number of H-pyrrole nitrogens is 1. The van der Waals surface area contributed by atoms with Gasteiger partial charge in [0.2, 0.25) is 5.91 Å². The van der Waals surface area contributed by atoms with E-state index in [1.165, 1.54) is 5.56 Å². The van der Waals surface area contributed by atoms with Gasteiger partial charge < -0.3 is 16.0 Å². The van der Waals surface area contributed by atoms with Gasteiger partial charge in [-0.2, -0.15) is 0 Å². The fourth-order valence-electron chi connectivity index (χ4n) is 2.10. The molecule has 4 N–H and O–H groups in total. The average Bonchev–Trinajstić information content (AvgIpc) is 2.71. The highest BCUT2D eigenvalue weighted by Gasteiger charge is 2.10. The minimum atomic E-state index is -0.0151. The van der Waals surface area contributed by atoms with Crippen LogP contribution in [0.5, 0.6) is 0 Å². The Morgan fingerprint density at radius 2 is 2.28 bits per heavy atom. The second-order valence-corrected chi connectivity index (χ2v) is 4.77. The van der Waals surface area contributed by atoms with Crippen molar-refractivity contribution in [3.8, 4) is 0 Å². The lowest BCUT2D eigenvalue weighted by molar-refractivity contribution is -0.120. The smallest absolute Gasteiger partial charge is 0.224 e. The van der Waals surface area contributed by atoms with E-state index < -0.39 is 0 Å². The molecule has 1 aromatic heterocycles. The van der Waals surface area contributed by atoms with Gasteiger partial charge in [0.25, 0.3) is 0 Å². The molecule has 2 aromatic rings. The number of hydrogen-bond donors (Lipinski definition) is 3. The molecular weight excluding hydrogens is 226 g/mol. The van der Waals surface area contributed by atoms with Crippen LogP contribution >= 0.6 is 0 Å². The van der Waals surface area contributed by atoms with E-state index >= 15 is 0 Å². The van der Waals surface area contributed by atoms with Crippen molar-refractivity contribution in [2.24, 2.45) is 5.73 Å². The molecule has 1 atom stereocenters. The molecule has 1 amide bonds. The van der Waals surface area contributed by atoms with Crippen LogP contribution < -0.4 is 11.1 Å². The molecule has 18 heavy (non-hydrogen) atoms. The molecule has 0 bridgehead atoms. The second-order valence-electron chi connectivity index (χ2n) is 4.77. The van der Waals surface area contributed by atoms with Crippen molar-refractivity contribution in [1.82, 2.24) is 10.3 Å². The quantitative estimate of drug-likeness (QED) is 0.763. The van der Waals surface area contributed by atoms with Crippen LogP contribution in [0.3, 0.4) is 0 Å². The Hall–Kier alpha value is -1.81. The first-order valence-corrected chi connectivity index (χ1v) is 6.16. The second kappa shape index (κ2) is 5.23. The predicted molar refractivity (Wildman–Crippen MR) is 73.4 cm³/mol. The molecule has 96 valence electrons. The normalized spacial score (nSPS) is 12.6. The van der Waals surface area contributed by atoms with Gasteiger partial charge in [0, 0.05) is 29.7 Å². The summed E-state index contributed by atoms with van der Waals surface area (Å²) in [7, 11) is 0. The zero-order valence-electron chi connectivity index (χ0n) is 10.8. The van der Waals surface area contributed by atoms with Crippen LogP contribution in [0.1, 0.15) is 18.1 Å². The minimum Gasteiger partial charge on any atom is -0.361 e. The number of aromatic nitrogens is 1. The van der Waals surface area contributed by atoms with E-state index in [4.69, 9.17) is 5.73 Å². The number of carbonyl (C=O) groups is 1. The van der Waals surface area contributed by atoms with Gasteiger partial charge in [0.05, 0.1) is 6.42 Å². The summed E-state index contributed by atoms with van der Waals surface area (Å²) >= 11 is 0. The van der Waals surface area contributed by atoms with E-state index in [2.05, 4.69) is 23.3 Å². The van der Waals surface area contributed by atoms with Crippen LogP contribution in [0.25, 0.3) is 10.9 Å². The van der Waals surface area contributed by atoms with Gasteiger partial charge in [0.15, 0.2) is 0 Å². The Kier molecular flexibility index (Phi) is 3.67. The number of fused-ring (bicyclic) bond motifs is 1. The van der Waals surface area contributed by atoms with Crippen molar-refractivity contribution in [2.75, 3.05) is 6.54 Å². The van der Waals surface area contributed by atoms with Crippen molar-refractivity contribution in [3.05, 3.63) is 35.5 Å². The third-order valence-electron chi connectivity index (χ3n) is 2.97. The van der Waals surface area contributed by atoms with Gasteiger partial charge in [-0.1, -0.05) is 12.1 Å². The molecule has 0 radical (unpaired) electrons. The van der Waals surface area contributed by atoms with Crippen molar-refractivity contribution in [3.63, 3.8) is 0 Å². The predicted octanol–water partition coefficient (Wildman–Crippen LogP) is 1.48. The Bertz CT molecular complexity index is 557. The Balaban J connectivity index is 2.15. The summed E-state index contributed by atoms with van der Waals surface area (Å²) in [6.45, 7) is 4.44. The molecule has 0 spiro atoms. The van der Waals surface area contributed by atoms with Gasteiger partial charge in [-0.05, 0) is 31.0 Å². The molecule has 1 heterocycles. The van der Waals surface area contributed by atoms with Crippen molar-refractivity contribution in [1.29, 1.82) is 0 Å². The lowest BCUT2D eigenvalue weighted by Gasteiger charge is -2.07. The summed E-state index contributed by atoms with van der Waals surface area (Å²) in [5.74, 6) is 0.0106. The molecule has 0 saturated carbocycles. The maximum atomic E-state index is 11.8. The summed E-state index contributed by atoms with van der Waals surface area (Å²) in [5, 5.41) is 3.97. The Morgan fingerprint density at radius 3 is 3.00 bits per heavy atom. The zero-order valence-corrected chi connectivity index (χ0v) is 10.8. The maximum absolute atomic E-state index is 11.8. The number of benzene rings is 1. The van der Waals surface area contributed by atoms with E-state index in [-0.39, 0.29) is 11.9 Å². The zero-order chi connectivity index (χ0) is 13.1. The van der Waals surface area contributed by atoms with Gasteiger partial charge in [-0.3, -0.25) is 4.79 Å². The molecule has 4 heteroatoms. The van der Waals surface area contributed by atoms with Crippen molar-refractivity contribution < 1.29 is 4.79 Å². The Labute approximate surface area is 107 Å². The largest absolute Gasteiger partial charge is 0.361 e. The summed E-state index contributed by atoms with van der Waals surface area (Å²) in [5.41, 5.74) is 8.90. The van der Waals surface area contributed by atoms with Gasteiger partial charge in [0.1, 0.15) is 0 Å². The first kappa shape index (κ1) is 12.6. The molecule has 4 nitrogen and oxygen atoms in total. The third-order valence-corrected chi connectivity index (χ3v) is 2.97. The Morgan fingerprint density at radius 1 is 1.50 bits per heavy atom. The molecule has 1 aromatic carbocycles. The van der Waals surface area contributed by atoms with Crippen LogP contribution in [0.15, 0.2) is 24.4 Å². The molecule has 0 aliphatic rings. The van der Waals surface area contributed by atoms with E-state index in [1.54, 1.807) is 0 Å². The molecule has 0 saturated heterocycles. The van der Waals surface area contributed by atoms with E-state index in [1.807, 2.05) is 25.3 Å². The highest BCUT2D eigenvalue weighted by atomic mass is 16.1. The number of aryl methyl sites for hydroxylation is 1. The number of amides is 1. The lowest BCUT2D eigenvalue weighted by atomic mass is 10.1. The number of carbonyl (C=O) groups excluding carboxylic acids is 1. The van der Waals surface area contributed by atoms with Crippen LogP contribution in [0.4, 0.5) is 0 Å². The average molecular weight is 245 g/mol. The van der Waals surface area contributed by atoms with E-state index in [0.717, 1.165) is 16.5 Å². The van der Waals surface area contributed by atoms with E-state index in [0.29, 0.717) is 13.0 Å². The molecule has 0 aliphatic carbocycles. The first-order valence-electron chi connectivity index (χ1n) is 6.16. The van der Waals surface area contributed by atoms with E-state index in [9.17, 15) is 4.79 Å². The molecule has 2 rings (SSSR count). The fourth-order valence-corrected chi connectivity index (χ4v) is 2.10. The number of nitrogens with two attached hydrogens (primary N) is 1. The highest BCUT2D eigenvalue weighted by molar-refractivity contribution is 5.90. The summed E-state index contributed by atoms with van der Waals surface area (Å²) in [4.78, 5) is 15.0. The topological polar surface area (TPSA) is 70.9 Å². The van der Waals surface area contributed by atoms with Crippen LogP contribution in [0, 0.1) is 6.92 Å². The number of hydrogen-bond acceptors (Lipinski definition) is 2. The summed E-state index contributed by atoms with van der Waals surface area (Å²) in [6, 6.07) is 6.07. The summed E-state index contributed by atoms with van der Waals surface area (Å²) in [6.07, 6.45) is 2.29. The standard InChI is InChI=1S/C14H19N3O/c1-9-4-3-5-12-14(9)11(8-16-12)6-13(18)17-7-10(2)15/h3-5,8,10,16H,6-7,15H2,1-2H3,(H,17,18). The van der Waals surface area contributed by atoms with Crippen molar-refractivity contribution in [2.45, 2.75) is 26.3 Å². The van der Waals surface area contributed by atoms with Gasteiger partial charge in [-0.15, -0.1) is 0 Å². The van der Waals surface area contributed by atoms with Crippen molar-refractivity contribution >= 4 is 16.8 Å². The van der Waals surface area contributed by atoms with Crippen LogP contribution in [0.2, 0.25) is 0 Å². The maximum Gasteiger partial charge on any atom is 0.224 e. The molecule has 0 aliphatic heterocycles. The van der Waals surface area contributed by atoms with Crippen LogP contribution in [-0.2, 0) is 11.2 Å². The monoisotopic (exact) mass is 245 g/mol. The molecule has 0 fully saturated rings. The molecular formula is C14H19N3O. The third kappa shape index (κ3) is 2.71. The van der Waals surface area contributed by atoms with Gasteiger partial charge >= 0.3 is 0 Å². The number of nitrogens with one attached hydrogen (secondary N) is 2. The SMILES string of the molecule is Cc1cccc2[nH]cc(CC(=O)NCC(C)N)c12.